The highest BCUT2D eigenvalue weighted by Crippen LogP contribution is 2.39. The van der Waals surface area contributed by atoms with E-state index >= 15 is 0 Å². The van der Waals surface area contributed by atoms with Crippen LogP contribution in [0, 0.1) is 0 Å². The molecule has 13 aromatic heterocycles. The monoisotopic (exact) mass is 1600 g/mol. The van der Waals surface area contributed by atoms with Crippen LogP contribution in [-0.4, -0.2) is 63.7 Å². The summed E-state index contributed by atoms with van der Waals surface area (Å²) >= 11 is 0. The van der Waals surface area contributed by atoms with Crippen molar-refractivity contribution < 1.29 is 0 Å². The highest BCUT2D eigenvalue weighted by Gasteiger charge is 2.20. The van der Waals surface area contributed by atoms with Crippen LogP contribution in [0.25, 0.3) is 217 Å². The number of rotatable bonds is 13. The number of benzene rings is 11. The predicted molar refractivity (Wildman–Crippen MR) is 508 cm³/mol. The topological polar surface area (TPSA) is 142 Å². The molecule has 13 heteroatoms. The lowest BCUT2D eigenvalue weighted by atomic mass is 9.98. The van der Waals surface area contributed by atoms with Crippen molar-refractivity contribution in [3.05, 3.63) is 444 Å². The zero-order chi connectivity index (χ0) is 82.9. The molecule has 0 aliphatic carbocycles. The smallest absolute Gasteiger partial charge is 0.112 e. The predicted octanol–water partition coefficient (Wildman–Crippen LogP) is 27.2. The maximum Gasteiger partial charge on any atom is 0.112 e. The summed E-state index contributed by atoms with van der Waals surface area (Å²) in [5, 5.41) is 23.5. The third kappa shape index (κ3) is 15.1. The van der Waals surface area contributed by atoms with Gasteiger partial charge in [0.05, 0.1) is 84.3 Å². The molecule has 0 amide bonds. The van der Waals surface area contributed by atoms with Gasteiger partial charge in [0.1, 0.15) is 11.4 Å². The highest BCUT2D eigenvalue weighted by molar-refractivity contribution is 5.93. The van der Waals surface area contributed by atoms with E-state index in [0.29, 0.717) is 0 Å². The van der Waals surface area contributed by atoms with Crippen molar-refractivity contribution in [2.45, 2.75) is 0 Å². The number of nitrogens with zero attached hydrogens (tertiary/aromatic N) is 13. The number of pyridine rings is 10. The van der Waals surface area contributed by atoms with Crippen LogP contribution in [0.3, 0.4) is 0 Å². The first-order valence-electron chi connectivity index (χ1n) is 41.6. The third-order valence-electron chi connectivity index (χ3n) is 23.1. The van der Waals surface area contributed by atoms with E-state index in [-0.39, 0.29) is 0 Å². The van der Waals surface area contributed by atoms with Crippen molar-refractivity contribution in [2.75, 3.05) is 0 Å². The fourth-order valence-electron chi connectivity index (χ4n) is 16.6. The standard InChI is InChI=1S/2C38H25N5.C36H23N3/c1-2-8-26(9-3-1)30-18-20-34(40-25-30)37-23-31(36-24-32-19-17-29-10-4-5-12-38(29)43(32)42-36)22-35(41-37)28-15-13-27(14-16-28)33-11-6-7-21-39-33;1-2-4-38-32(3-1)13-14-34-25-37(42-43(34)38)36-24-33(28-7-5-26(6-8-28)29-15-19-39-20-16-29)23-35(41-36)31-11-9-27(10-12-31)30-17-21-40-22-18-30;1-3-10-27-19-29(15-13-24(27)7-1)31-21-33(30-16-14-25-8-2-4-11-28(25)20-30)37-34(22-31)35-23-32-18-17-26-9-5-6-12-36(26)39(32)38-35/h2*1-25H;1-23H. The summed E-state index contributed by atoms with van der Waals surface area (Å²) in [6, 6.07) is 141. The lowest BCUT2D eigenvalue weighted by Crippen LogP contribution is -1.94. The Morgan fingerprint density at radius 2 is 0.488 bits per heavy atom. The van der Waals surface area contributed by atoms with Gasteiger partial charge in [-0.05, 0) is 217 Å². The molecular formula is C112H73N13. The molecule has 0 fully saturated rings. The molecule has 0 aliphatic heterocycles. The largest absolute Gasteiger partial charge is 0.265 e. The van der Waals surface area contributed by atoms with Crippen LogP contribution in [0.5, 0.6) is 0 Å². The second-order valence-corrected chi connectivity index (χ2v) is 31.0. The van der Waals surface area contributed by atoms with Gasteiger partial charge in [0.15, 0.2) is 0 Å². The molecule has 13 nitrogen and oxygen atoms in total. The summed E-state index contributed by atoms with van der Waals surface area (Å²) in [5.41, 5.74) is 32.3. The van der Waals surface area contributed by atoms with Crippen LogP contribution in [0.1, 0.15) is 0 Å². The Balaban J connectivity index is 0.000000111. The van der Waals surface area contributed by atoms with E-state index in [2.05, 4.69) is 343 Å². The summed E-state index contributed by atoms with van der Waals surface area (Å²) in [4.78, 5) is 33.0. The minimum Gasteiger partial charge on any atom is -0.265 e. The van der Waals surface area contributed by atoms with Gasteiger partial charge in [-0.3, -0.25) is 19.9 Å². The van der Waals surface area contributed by atoms with Crippen LogP contribution in [0.2, 0.25) is 0 Å². The Morgan fingerprint density at radius 1 is 0.152 bits per heavy atom. The zero-order valence-electron chi connectivity index (χ0n) is 67.5. The number of hydrogen-bond donors (Lipinski definition) is 0. The molecule has 13 heterocycles. The van der Waals surface area contributed by atoms with Crippen molar-refractivity contribution in [3.63, 3.8) is 0 Å². The Kier molecular flexibility index (Phi) is 19.3. The quantitative estimate of drug-likeness (QED) is 0.109. The van der Waals surface area contributed by atoms with Gasteiger partial charge in [0.25, 0.3) is 0 Å². The van der Waals surface area contributed by atoms with E-state index in [1.807, 2.05) is 130 Å². The number of hydrogen-bond acceptors (Lipinski definition) is 10. The van der Waals surface area contributed by atoms with Crippen molar-refractivity contribution in [1.29, 1.82) is 0 Å². The first-order valence-corrected chi connectivity index (χ1v) is 41.6. The van der Waals surface area contributed by atoms with Gasteiger partial charge in [-0.15, -0.1) is 0 Å². The molecule has 0 saturated carbocycles. The SMILES string of the molecule is c1ccc(-c2ccc(-c3cc(-c4cc5ccc6ccccc6n5n4)cc(-c4ccc(-c5ccccn5)cc4)n3)nc2)cc1.c1ccc2c(c1)ccc1cc(-c3cc(-c4ccc(-c5ccncc5)cc4)cc(-c4ccc(-c5ccncc5)cc4)n3)nn12.c1ccc2cc(-c3cc(-c4ccc5ccccc5c4)nc(-c4cc5ccc6ccccc6n5n4)c3)ccc2c1. The zero-order valence-corrected chi connectivity index (χ0v) is 67.5. The second-order valence-electron chi connectivity index (χ2n) is 31.0. The van der Waals surface area contributed by atoms with Crippen molar-refractivity contribution in [2.24, 2.45) is 0 Å². The lowest BCUT2D eigenvalue weighted by Gasteiger charge is -2.10. The molecule has 11 aromatic carbocycles. The first-order chi connectivity index (χ1) is 61.8. The van der Waals surface area contributed by atoms with Crippen LogP contribution in [0.15, 0.2) is 444 Å². The summed E-state index contributed by atoms with van der Waals surface area (Å²) in [7, 11) is 0. The second kappa shape index (κ2) is 32.5. The van der Waals surface area contributed by atoms with Gasteiger partial charge < -0.3 is 0 Å². The Morgan fingerprint density at radius 3 is 0.976 bits per heavy atom. The summed E-state index contributed by atoms with van der Waals surface area (Å²) in [5.74, 6) is 0. The number of aromatic nitrogens is 13. The minimum atomic E-state index is 0.794. The first kappa shape index (κ1) is 74.2. The molecule has 0 saturated heterocycles. The van der Waals surface area contributed by atoms with Crippen LogP contribution in [0.4, 0.5) is 0 Å². The maximum absolute atomic E-state index is 5.17. The minimum absolute atomic E-state index is 0.794. The van der Waals surface area contributed by atoms with Crippen LogP contribution in [-0.2, 0) is 0 Å². The molecule has 0 N–H and O–H groups in total. The van der Waals surface area contributed by atoms with E-state index in [9.17, 15) is 0 Å². The average Bonchev–Trinajstić information content (AvgIpc) is 1.68. The molecule has 0 bridgehead atoms. The van der Waals surface area contributed by atoms with Crippen LogP contribution < -0.4 is 0 Å². The third-order valence-corrected chi connectivity index (χ3v) is 23.1. The van der Waals surface area contributed by atoms with Crippen molar-refractivity contribution in [3.8, 4) is 146 Å². The van der Waals surface area contributed by atoms with Crippen molar-refractivity contribution in [1.82, 2.24) is 63.7 Å². The number of fused-ring (bicyclic) bond motifs is 11. The Labute approximate surface area is 719 Å². The molecule has 24 rings (SSSR count). The van der Waals surface area contributed by atoms with E-state index in [0.717, 1.165) is 195 Å². The molecule has 24 aromatic rings. The summed E-state index contributed by atoms with van der Waals surface area (Å²) in [6.45, 7) is 0. The van der Waals surface area contributed by atoms with E-state index in [1.54, 1.807) is 0 Å². The van der Waals surface area contributed by atoms with Crippen molar-refractivity contribution >= 4 is 70.8 Å². The molecule has 0 atom stereocenters. The van der Waals surface area contributed by atoms with E-state index < -0.39 is 0 Å². The summed E-state index contributed by atoms with van der Waals surface area (Å²) < 4.78 is 6.04. The van der Waals surface area contributed by atoms with Gasteiger partial charge in [0.2, 0.25) is 0 Å². The number of para-hydroxylation sites is 3. The van der Waals surface area contributed by atoms with E-state index in [4.69, 9.17) is 35.2 Å². The fourth-order valence-corrected chi connectivity index (χ4v) is 16.6. The molecule has 0 spiro atoms. The van der Waals surface area contributed by atoms with Gasteiger partial charge in [-0.2, -0.15) is 15.3 Å². The molecule has 0 radical (unpaired) electrons. The van der Waals surface area contributed by atoms with Gasteiger partial charge in [-0.25, -0.2) is 28.5 Å². The molecular weight excluding hydrogens is 1530 g/mol. The normalized spacial score (nSPS) is 11.4. The lowest BCUT2D eigenvalue weighted by molar-refractivity contribution is 1.00. The van der Waals surface area contributed by atoms with Gasteiger partial charge in [0, 0.05) is 86.7 Å². The Hall–Kier alpha value is -17.2. The maximum atomic E-state index is 5.17. The molecule has 586 valence electrons. The fraction of sp³-hybridized carbons (Fsp3) is 0. The molecule has 125 heavy (non-hydrogen) atoms. The van der Waals surface area contributed by atoms with Gasteiger partial charge >= 0.3 is 0 Å². The Bertz CT molecular complexity index is 7500. The summed E-state index contributed by atoms with van der Waals surface area (Å²) in [6.07, 6.45) is 11.0. The van der Waals surface area contributed by atoms with E-state index in [1.165, 1.54) is 21.5 Å². The highest BCUT2D eigenvalue weighted by atomic mass is 15.2. The average molecular weight is 1600 g/mol. The van der Waals surface area contributed by atoms with Gasteiger partial charge in [-0.1, -0.05) is 261 Å². The molecule has 0 aliphatic rings. The van der Waals surface area contributed by atoms with Crippen LogP contribution >= 0.6 is 0 Å². The molecule has 0 unspecified atom stereocenters.